The van der Waals surface area contributed by atoms with Gasteiger partial charge in [-0.15, -0.1) is 22.7 Å². The maximum absolute atomic E-state index is 12.5. The van der Waals surface area contributed by atoms with E-state index in [2.05, 4.69) is 16.4 Å². The molecule has 0 atom stereocenters. The number of ether oxygens (including phenoxy) is 1. The van der Waals surface area contributed by atoms with Crippen molar-refractivity contribution in [2.24, 2.45) is 0 Å². The minimum atomic E-state index is -0.146. The van der Waals surface area contributed by atoms with E-state index in [0.29, 0.717) is 5.56 Å². The fourth-order valence-corrected chi connectivity index (χ4v) is 4.32. The molecule has 4 aromatic rings. The molecule has 25 heavy (non-hydrogen) atoms. The maximum Gasteiger partial charge on any atom is 0.256 e. The number of fused-ring (bicyclic) bond motifs is 1. The maximum atomic E-state index is 12.5. The molecule has 0 aliphatic heterocycles. The molecule has 1 amide bonds. The van der Waals surface area contributed by atoms with E-state index >= 15 is 0 Å². The normalized spacial score (nSPS) is 10.8. The summed E-state index contributed by atoms with van der Waals surface area (Å²) >= 11 is 3.12. The average molecular weight is 366 g/mol. The fraction of sp³-hybridized carbons (Fsp3) is 0.0526. The Labute approximate surface area is 152 Å². The Morgan fingerprint density at radius 2 is 1.88 bits per heavy atom. The summed E-state index contributed by atoms with van der Waals surface area (Å²) in [5.74, 6) is 0.579. The lowest BCUT2D eigenvalue weighted by molar-refractivity contribution is 0.102. The minimum absolute atomic E-state index is 0.146. The molecule has 2 heterocycles. The Hall–Kier alpha value is -2.70. The summed E-state index contributed by atoms with van der Waals surface area (Å²) < 4.78 is 6.26. The van der Waals surface area contributed by atoms with Crippen LogP contribution < -0.4 is 10.1 Å². The number of benzene rings is 2. The van der Waals surface area contributed by atoms with Crippen molar-refractivity contribution in [2.75, 3.05) is 12.4 Å². The molecule has 4 nitrogen and oxygen atoms in total. The molecule has 2 aromatic heterocycles. The average Bonchev–Trinajstić information content (AvgIpc) is 3.27. The van der Waals surface area contributed by atoms with E-state index in [0.717, 1.165) is 31.5 Å². The number of carbonyl (C=O) groups is 1. The summed E-state index contributed by atoms with van der Waals surface area (Å²) in [5.41, 5.74) is 2.51. The van der Waals surface area contributed by atoms with Gasteiger partial charge < -0.3 is 10.1 Å². The molecule has 0 radical (unpaired) electrons. The van der Waals surface area contributed by atoms with Gasteiger partial charge in [-0.3, -0.25) is 4.79 Å². The monoisotopic (exact) mass is 366 g/mol. The zero-order chi connectivity index (χ0) is 17.2. The third kappa shape index (κ3) is 3.14. The van der Waals surface area contributed by atoms with Crippen molar-refractivity contribution in [3.63, 3.8) is 0 Å². The number of methoxy groups -OCH3 is 1. The number of amides is 1. The molecule has 0 saturated heterocycles. The Balaban J connectivity index is 1.61. The summed E-state index contributed by atoms with van der Waals surface area (Å²) in [6, 6.07) is 17.1. The second-order valence-electron chi connectivity index (χ2n) is 5.33. The van der Waals surface area contributed by atoms with Crippen LogP contribution in [-0.2, 0) is 0 Å². The zero-order valence-corrected chi connectivity index (χ0v) is 15.0. The molecule has 0 aliphatic rings. The van der Waals surface area contributed by atoms with Gasteiger partial charge in [0.15, 0.2) is 0 Å². The van der Waals surface area contributed by atoms with Gasteiger partial charge in [-0.1, -0.05) is 12.1 Å². The quantitative estimate of drug-likeness (QED) is 0.534. The largest absolute Gasteiger partial charge is 0.497 e. The van der Waals surface area contributed by atoms with Gasteiger partial charge in [-0.2, -0.15) is 0 Å². The molecule has 6 heteroatoms. The first-order chi connectivity index (χ1) is 12.2. The van der Waals surface area contributed by atoms with E-state index in [1.165, 1.54) is 11.3 Å². The lowest BCUT2D eigenvalue weighted by Gasteiger charge is -2.06. The molecule has 0 saturated carbocycles. The lowest BCUT2D eigenvalue weighted by atomic mass is 10.2. The summed E-state index contributed by atoms with van der Waals surface area (Å²) in [6.07, 6.45) is 0. The number of hydrogen-bond donors (Lipinski definition) is 1. The number of rotatable bonds is 4. The van der Waals surface area contributed by atoms with Crippen LogP contribution in [0.1, 0.15) is 10.4 Å². The van der Waals surface area contributed by atoms with Crippen LogP contribution in [-0.4, -0.2) is 18.0 Å². The summed E-state index contributed by atoms with van der Waals surface area (Å²) in [4.78, 5) is 17.2. The molecule has 0 unspecified atom stereocenters. The zero-order valence-electron chi connectivity index (χ0n) is 13.4. The molecule has 4 rings (SSSR count). The number of nitrogens with one attached hydrogen (secondary N) is 1. The topological polar surface area (TPSA) is 51.2 Å². The van der Waals surface area contributed by atoms with Gasteiger partial charge in [-0.05, 0) is 47.8 Å². The van der Waals surface area contributed by atoms with Crippen molar-refractivity contribution in [1.82, 2.24) is 4.98 Å². The van der Waals surface area contributed by atoms with Crippen molar-refractivity contribution in [3.8, 4) is 16.3 Å². The molecule has 1 N–H and O–H groups in total. The van der Waals surface area contributed by atoms with Crippen LogP contribution in [0.2, 0.25) is 0 Å². The standard InChI is InChI=1S/C19H14N2O2S2/c1-23-13-8-6-12(7-9-13)17(22)21-18-14(10-11-24-18)19-20-15-4-2-3-5-16(15)25-19/h2-11H,1H3,(H,21,22). The van der Waals surface area contributed by atoms with Crippen molar-refractivity contribution in [3.05, 3.63) is 65.5 Å². The lowest BCUT2D eigenvalue weighted by Crippen LogP contribution is -2.11. The summed E-state index contributed by atoms with van der Waals surface area (Å²) in [5, 5.41) is 6.67. The third-order valence-electron chi connectivity index (χ3n) is 3.77. The van der Waals surface area contributed by atoms with E-state index in [1.54, 1.807) is 42.7 Å². The molecule has 0 fully saturated rings. The number of thiazole rings is 1. The minimum Gasteiger partial charge on any atom is -0.497 e. The molecule has 124 valence electrons. The van der Waals surface area contributed by atoms with Crippen LogP contribution in [0, 0.1) is 0 Å². The highest BCUT2D eigenvalue weighted by Gasteiger charge is 2.15. The highest BCUT2D eigenvalue weighted by Crippen LogP contribution is 2.37. The predicted octanol–water partition coefficient (Wildman–Crippen LogP) is 5.29. The van der Waals surface area contributed by atoms with Crippen molar-refractivity contribution in [1.29, 1.82) is 0 Å². The Morgan fingerprint density at radius 1 is 1.08 bits per heavy atom. The van der Waals surface area contributed by atoms with E-state index in [1.807, 2.05) is 29.6 Å². The second-order valence-corrected chi connectivity index (χ2v) is 7.28. The Bertz CT molecular complexity index is 1000. The molecule has 0 bridgehead atoms. The summed E-state index contributed by atoms with van der Waals surface area (Å²) in [7, 11) is 1.60. The SMILES string of the molecule is COc1ccc(C(=O)Nc2sccc2-c2nc3ccccc3s2)cc1. The van der Waals surface area contributed by atoms with E-state index in [-0.39, 0.29) is 5.91 Å². The van der Waals surface area contributed by atoms with Crippen molar-refractivity contribution < 1.29 is 9.53 Å². The van der Waals surface area contributed by atoms with Crippen LogP contribution in [0.5, 0.6) is 5.75 Å². The van der Waals surface area contributed by atoms with Crippen LogP contribution in [0.25, 0.3) is 20.8 Å². The van der Waals surface area contributed by atoms with Crippen molar-refractivity contribution in [2.45, 2.75) is 0 Å². The van der Waals surface area contributed by atoms with Gasteiger partial charge in [0.05, 0.1) is 17.3 Å². The number of anilines is 1. The number of para-hydroxylation sites is 1. The first-order valence-electron chi connectivity index (χ1n) is 7.63. The predicted molar refractivity (Wildman–Crippen MR) is 104 cm³/mol. The van der Waals surface area contributed by atoms with Gasteiger partial charge in [0, 0.05) is 11.1 Å². The first-order valence-corrected chi connectivity index (χ1v) is 9.33. The number of carbonyl (C=O) groups excluding carboxylic acids is 1. The molecular formula is C19H14N2O2S2. The van der Waals surface area contributed by atoms with Crippen LogP contribution in [0.4, 0.5) is 5.00 Å². The number of aromatic nitrogens is 1. The van der Waals surface area contributed by atoms with Gasteiger partial charge in [0.1, 0.15) is 15.8 Å². The summed E-state index contributed by atoms with van der Waals surface area (Å²) in [6.45, 7) is 0. The number of thiophene rings is 1. The van der Waals surface area contributed by atoms with E-state index in [9.17, 15) is 4.79 Å². The van der Waals surface area contributed by atoms with E-state index in [4.69, 9.17) is 4.74 Å². The van der Waals surface area contributed by atoms with Crippen molar-refractivity contribution >= 4 is 43.8 Å². The van der Waals surface area contributed by atoms with Gasteiger partial charge in [0.25, 0.3) is 5.91 Å². The molecular weight excluding hydrogens is 352 g/mol. The van der Waals surface area contributed by atoms with E-state index < -0.39 is 0 Å². The first kappa shape index (κ1) is 15.8. The Kier molecular flexibility index (Phi) is 4.21. The van der Waals surface area contributed by atoms with Crippen LogP contribution in [0.15, 0.2) is 60.0 Å². The molecule has 2 aromatic carbocycles. The highest BCUT2D eigenvalue weighted by molar-refractivity contribution is 7.22. The third-order valence-corrected chi connectivity index (χ3v) is 5.67. The fourth-order valence-electron chi connectivity index (χ4n) is 2.48. The highest BCUT2D eigenvalue weighted by atomic mass is 32.1. The number of nitrogens with zero attached hydrogens (tertiary/aromatic N) is 1. The number of hydrogen-bond acceptors (Lipinski definition) is 5. The smallest absolute Gasteiger partial charge is 0.256 e. The Morgan fingerprint density at radius 3 is 2.64 bits per heavy atom. The van der Waals surface area contributed by atoms with Gasteiger partial charge in [-0.25, -0.2) is 4.98 Å². The van der Waals surface area contributed by atoms with Crippen LogP contribution >= 0.6 is 22.7 Å². The second kappa shape index (κ2) is 6.66. The molecule has 0 aliphatic carbocycles. The van der Waals surface area contributed by atoms with Gasteiger partial charge in [0.2, 0.25) is 0 Å². The molecule has 0 spiro atoms. The van der Waals surface area contributed by atoms with Crippen LogP contribution in [0.3, 0.4) is 0 Å². The van der Waals surface area contributed by atoms with Gasteiger partial charge >= 0.3 is 0 Å².